The third-order valence-electron chi connectivity index (χ3n) is 3.80. The van der Waals surface area contributed by atoms with Gasteiger partial charge in [0, 0.05) is 11.8 Å². The molecule has 1 aromatic rings. The number of hydrogen-bond acceptors (Lipinski definition) is 3. The van der Waals surface area contributed by atoms with E-state index in [4.69, 9.17) is 5.11 Å². The monoisotopic (exact) mass is 276 g/mol. The lowest BCUT2D eigenvalue weighted by molar-refractivity contribution is -0.123. The summed E-state index contributed by atoms with van der Waals surface area (Å²) in [5.74, 6) is -0.544. The molecule has 1 rings (SSSR count). The number of Topliss-reactive ketones (excluding diaryl/α,β-unsaturated/α-hetero) is 1. The van der Waals surface area contributed by atoms with Crippen molar-refractivity contribution in [2.24, 2.45) is 5.92 Å². The molecule has 0 radical (unpaired) electrons. The van der Waals surface area contributed by atoms with Gasteiger partial charge >= 0.3 is 0 Å². The van der Waals surface area contributed by atoms with E-state index in [0.29, 0.717) is 0 Å². The predicted octanol–water partition coefficient (Wildman–Crippen LogP) is 2.69. The molecule has 3 nitrogen and oxygen atoms in total. The van der Waals surface area contributed by atoms with E-state index in [1.165, 1.54) is 6.92 Å². The van der Waals surface area contributed by atoms with Crippen LogP contribution >= 0.6 is 0 Å². The average Bonchev–Trinajstić information content (AvgIpc) is 2.42. The van der Waals surface area contributed by atoms with Crippen molar-refractivity contribution in [2.75, 3.05) is 6.61 Å². The Balaban J connectivity index is 3.11. The van der Waals surface area contributed by atoms with Crippen LogP contribution in [0.25, 0.3) is 6.08 Å². The number of rotatable bonds is 6. The van der Waals surface area contributed by atoms with E-state index >= 15 is 0 Å². The SMILES string of the molecule is CC(=O)[C@H](C)[C@H](O)[C@@H](C)c1ccc(C)cc1C=CCO. The molecule has 0 aliphatic carbocycles. The minimum absolute atomic E-state index is 0.0103. The van der Waals surface area contributed by atoms with Crippen LogP contribution in [0.1, 0.15) is 43.4 Å². The fourth-order valence-corrected chi connectivity index (χ4v) is 2.29. The fourth-order valence-electron chi connectivity index (χ4n) is 2.29. The standard InChI is InChI=1S/C17H24O3/c1-11-7-8-16(15(10-11)6-5-9-18)13(3)17(20)12(2)14(4)19/h5-8,10,12-13,17-18,20H,9H2,1-4H3/t12-,13-,17-/m0/s1. The van der Waals surface area contributed by atoms with Crippen LogP contribution < -0.4 is 0 Å². The molecule has 0 unspecified atom stereocenters. The van der Waals surface area contributed by atoms with Gasteiger partial charge in [-0.2, -0.15) is 0 Å². The van der Waals surface area contributed by atoms with Crippen LogP contribution in [0.2, 0.25) is 0 Å². The number of aliphatic hydroxyl groups is 2. The first-order valence-corrected chi connectivity index (χ1v) is 6.95. The van der Waals surface area contributed by atoms with E-state index in [1.807, 2.05) is 38.1 Å². The molecule has 0 amide bonds. The van der Waals surface area contributed by atoms with Crippen molar-refractivity contribution in [1.29, 1.82) is 0 Å². The van der Waals surface area contributed by atoms with Crippen molar-refractivity contribution in [1.82, 2.24) is 0 Å². The molecule has 0 fully saturated rings. The molecule has 0 aliphatic heterocycles. The first-order chi connectivity index (χ1) is 9.38. The topological polar surface area (TPSA) is 57.5 Å². The summed E-state index contributed by atoms with van der Waals surface area (Å²) in [6, 6.07) is 5.99. The van der Waals surface area contributed by atoms with E-state index in [1.54, 1.807) is 13.0 Å². The number of ketones is 1. The van der Waals surface area contributed by atoms with Crippen molar-refractivity contribution in [2.45, 2.75) is 39.7 Å². The summed E-state index contributed by atoms with van der Waals surface area (Å²) in [5, 5.41) is 19.3. The molecule has 3 atom stereocenters. The molecule has 0 spiro atoms. The highest BCUT2D eigenvalue weighted by Gasteiger charge is 2.26. The van der Waals surface area contributed by atoms with Gasteiger partial charge in [0.25, 0.3) is 0 Å². The van der Waals surface area contributed by atoms with E-state index in [9.17, 15) is 9.90 Å². The molecule has 1 aromatic carbocycles. The lowest BCUT2D eigenvalue weighted by Gasteiger charge is -2.25. The van der Waals surface area contributed by atoms with Crippen LogP contribution in [-0.2, 0) is 4.79 Å². The maximum atomic E-state index is 11.4. The number of aryl methyl sites for hydroxylation is 1. The third kappa shape index (κ3) is 4.02. The summed E-state index contributed by atoms with van der Waals surface area (Å²) in [5.41, 5.74) is 3.08. The third-order valence-corrected chi connectivity index (χ3v) is 3.80. The summed E-state index contributed by atoms with van der Waals surface area (Å²) in [6.07, 6.45) is 2.81. The molecule has 0 heterocycles. The van der Waals surface area contributed by atoms with Gasteiger partial charge in [-0.1, -0.05) is 49.8 Å². The first-order valence-electron chi connectivity index (χ1n) is 6.95. The van der Waals surface area contributed by atoms with Gasteiger partial charge in [-0.25, -0.2) is 0 Å². The molecule has 0 saturated heterocycles. The first kappa shape index (κ1) is 16.6. The zero-order valence-electron chi connectivity index (χ0n) is 12.6. The van der Waals surface area contributed by atoms with Crippen LogP contribution in [0.3, 0.4) is 0 Å². The Morgan fingerprint density at radius 1 is 1.35 bits per heavy atom. The highest BCUT2D eigenvalue weighted by atomic mass is 16.3. The van der Waals surface area contributed by atoms with Crippen molar-refractivity contribution < 1.29 is 15.0 Å². The molecular weight excluding hydrogens is 252 g/mol. The van der Waals surface area contributed by atoms with Crippen molar-refractivity contribution in [3.05, 3.63) is 41.0 Å². The normalized spacial score (nSPS) is 16.1. The van der Waals surface area contributed by atoms with Crippen LogP contribution in [-0.4, -0.2) is 28.7 Å². The van der Waals surface area contributed by atoms with Gasteiger partial charge in [-0.3, -0.25) is 4.79 Å². The van der Waals surface area contributed by atoms with Gasteiger partial charge in [0.05, 0.1) is 12.7 Å². The highest BCUT2D eigenvalue weighted by molar-refractivity contribution is 5.78. The Labute approximate surface area is 121 Å². The van der Waals surface area contributed by atoms with Gasteiger partial charge in [0.2, 0.25) is 0 Å². The fraction of sp³-hybridized carbons (Fsp3) is 0.471. The number of carbonyl (C=O) groups excluding carboxylic acids is 1. The number of benzene rings is 1. The Hall–Kier alpha value is -1.45. The summed E-state index contributed by atoms with van der Waals surface area (Å²) in [7, 11) is 0. The van der Waals surface area contributed by atoms with Crippen LogP contribution in [0, 0.1) is 12.8 Å². The number of hydrogen-bond donors (Lipinski definition) is 2. The maximum absolute atomic E-state index is 11.4. The second-order valence-corrected chi connectivity index (χ2v) is 5.40. The molecule has 0 bridgehead atoms. The summed E-state index contributed by atoms with van der Waals surface area (Å²) < 4.78 is 0. The summed E-state index contributed by atoms with van der Waals surface area (Å²) >= 11 is 0. The largest absolute Gasteiger partial charge is 0.392 e. The summed E-state index contributed by atoms with van der Waals surface area (Å²) in [4.78, 5) is 11.4. The van der Waals surface area contributed by atoms with E-state index in [2.05, 4.69) is 0 Å². The maximum Gasteiger partial charge on any atom is 0.135 e. The number of aliphatic hydroxyl groups excluding tert-OH is 2. The van der Waals surface area contributed by atoms with E-state index in [-0.39, 0.29) is 24.2 Å². The Morgan fingerprint density at radius 2 is 2.00 bits per heavy atom. The molecule has 0 aliphatic rings. The van der Waals surface area contributed by atoms with Crippen LogP contribution in [0.5, 0.6) is 0 Å². The lowest BCUT2D eigenvalue weighted by atomic mass is 9.83. The quantitative estimate of drug-likeness (QED) is 0.840. The Morgan fingerprint density at radius 3 is 2.55 bits per heavy atom. The van der Waals surface area contributed by atoms with Crippen molar-refractivity contribution >= 4 is 11.9 Å². The second-order valence-electron chi connectivity index (χ2n) is 5.40. The van der Waals surface area contributed by atoms with Gasteiger partial charge in [-0.15, -0.1) is 0 Å². The van der Waals surface area contributed by atoms with Gasteiger partial charge in [0.1, 0.15) is 5.78 Å². The zero-order chi connectivity index (χ0) is 15.3. The Bertz CT molecular complexity index is 491. The number of carbonyl (C=O) groups is 1. The molecule has 110 valence electrons. The van der Waals surface area contributed by atoms with Gasteiger partial charge < -0.3 is 10.2 Å². The van der Waals surface area contributed by atoms with E-state index < -0.39 is 6.10 Å². The molecule has 0 aromatic heterocycles. The molecular formula is C17H24O3. The van der Waals surface area contributed by atoms with Gasteiger partial charge in [-0.05, 0) is 25.0 Å². The predicted molar refractivity (Wildman–Crippen MR) is 81.6 cm³/mol. The smallest absolute Gasteiger partial charge is 0.135 e. The van der Waals surface area contributed by atoms with E-state index in [0.717, 1.165) is 16.7 Å². The molecule has 3 heteroatoms. The average molecular weight is 276 g/mol. The van der Waals surface area contributed by atoms with Crippen LogP contribution in [0.4, 0.5) is 0 Å². The minimum Gasteiger partial charge on any atom is -0.392 e. The van der Waals surface area contributed by atoms with Crippen molar-refractivity contribution in [3.8, 4) is 0 Å². The van der Waals surface area contributed by atoms with Crippen LogP contribution in [0.15, 0.2) is 24.3 Å². The zero-order valence-corrected chi connectivity index (χ0v) is 12.6. The highest BCUT2D eigenvalue weighted by Crippen LogP contribution is 2.28. The molecule has 2 N–H and O–H groups in total. The second kappa shape index (κ2) is 7.36. The van der Waals surface area contributed by atoms with Crippen molar-refractivity contribution in [3.63, 3.8) is 0 Å². The molecule has 20 heavy (non-hydrogen) atoms. The minimum atomic E-state index is -0.712. The summed E-state index contributed by atoms with van der Waals surface area (Å²) in [6.45, 7) is 7.15. The lowest BCUT2D eigenvalue weighted by Crippen LogP contribution is -2.29. The molecule has 0 saturated carbocycles. The Kier molecular flexibility index (Phi) is 6.11. The van der Waals surface area contributed by atoms with Gasteiger partial charge in [0.15, 0.2) is 0 Å².